The van der Waals surface area contributed by atoms with Gasteiger partial charge in [-0.1, -0.05) is 39.0 Å². The van der Waals surface area contributed by atoms with Crippen LogP contribution in [0, 0.1) is 11.6 Å². The normalized spacial score (nSPS) is 11.3. The molecule has 0 bridgehead atoms. The van der Waals surface area contributed by atoms with Crippen LogP contribution in [0.25, 0.3) is 5.69 Å². The van der Waals surface area contributed by atoms with E-state index < -0.39 is 23.6 Å². The van der Waals surface area contributed by atoms with Gasteiger partial charge in [-0.05, 0) is 29.8 Å². The van der Waals surface area contributed by atoms with E-state index in [0.29, 0.717) is 22.8 Å². The number of carbonyl (C=O) groups excluding carboxylic acids is 1. The van der Waals surface area contributed by atoms with Gasteiger partial charge in [-0.15, -0.1) is 0 Å². The van der Waals surface area contributed by atoms with Crippen LogP contribution in [0.5, 0.6) is 0 Å². The van der Waals surface area contributed by atoms with Crippen LogP contribution in [0.1, 0.15) is 32.0 Å². The Morgan fingerprint density at radius 1 is 1.06 bits per heavy atom. The number of aliphatic carboxylic acids is 1. The zero-order valence-corrected chi connectivity index (χ0v) is 17.2. The lowest BCUT2D eigenvalue weighted by Crippen LogP contribution is -2.22. The number of aromatic nitrogens is 2. The van der Waals surface area contributed by atoms with E-state index in [1.807, 2.05) is 20.8 Å². The molecule has 3 N–H and O–H groups in total. The van der Waals surface area contributed by atoms with E-state index in [1.165, 1.54) is 16.8 Å². The minimum atomic E-state index is -1.16. The number of nitrogens with zero attached hydrogens (tertiary/aromatic N) is 2. The number of urea groups is 1. The Hall–Kier alpha value is -3.75. The molecule has 1 heterocycles. The van der Waals surface area contributed by atoms with Gasteiger partial charge in [-0.3, -0.25) is 10.1 Å². The fourth-order valence-electron chi connectivity index (χ4n) is 2.83. The van der Waals surface area contributed by atoms with Crippen LogP contribution in [0.4, 0.5) is 25.1 Å². The molecule has 0 aliphatic carbocycles. The largest absolute Gasteiger partial charge is 0.481 e. The quantitative estimate of drug-likeness (QED) is 0.548. The number of halogens is 2. The molecule has 162 valence electrons. The van der Waals surface area contributed by atoms with Gasteiger partial charge in [0.1, 0.15) is 5.82 Å². The topological polar surface area (TPSA) is 96.2 Å². The third-order valence-corrected chi connectivity index (χ3v) is 4.46. The van der Waals surface area contributed by atoms with Gasteiger partial charge in [-0.2, -0.15) is 5.10 Å². The Balaban J connectivity index is 1.90. The summed E-state index contributed by atoms with van der Waals surface area (Å²) in [6.07, 6.45) is -0.112. The molecule has 0 aliphatic heterocycles. The van der Waals surface area contributed by atoms with Gasteiger partial charge in [0, 0.05) is 11.5 Å². The van der Waals surface area contributed by atoms with E-state index in [-0.39, 0.29) is 17.5 Å². The SMILES string of the molecule is CC(C)(C)c1cc(NC(=O)Nc2cccc(F)c2F)n(-c2ccc(CC(=O)O)cc2)n1. The summed E-state index contributed by atoms with van der Waals surface area (Å²) in [4.78, 5) is 23.3. The van der Waals surface area contributed by atoms with E-state index in [2.05, 4.69) is 15.7 Å². The molecule has 7 nitrogen and oxygen atoms in total. The third-order valence-electron chi connectivity index (χ3n) is 4.46. The summed E-state index contributed by atoms with van der Waals surface area (Å²) in [5.41, 5.74) is 1.29. The lowest BCUT2D eigenvalue weighted by molar-refractivity contribution is -0.136. The number of carboxylic acid groups (broad SMARTS) is 1. The summed E-state index contributed by atoms with van der Waals surface area (Å²) in [5.74, 6) is -2.86. The molecule has 0 radical (unpaired) electrons. The first-order valence-corrected chi connectivity index (χ1v) is 9.48. The molecule has 0 unspecified atom stereocenters. The lowest BCUT2D eigenvalue weighted by Gasteiger charge is -2.14. The summed E-state index contributed by atoms with van der Waals surface area (Å²) in [7, 11) is 0. The van der Waals surface area contributed by atoms with Crippen molar-refractivity contribution >= 4 is 23.5 Å². The van der Waals surface area contributed by atoms with Gasteiger partial charge in [0.15, 0.2) is 11.6 Å². The average Bonchev–Trinajstić information content (AvgIpc) is 3.10. The van der Waals surface area contributed by atoms with Crippen molar-refractivity contribution in [3.63, 3.8) is 0 Å². The first kappa shape index (κ1) is 21.9. The minimum absolute atomic E-state index is 0.112. The molecule has 0 aliphatic rings. The number of benzene rings is 2. The van der Waals surface area contributed by atoms with Crippen molar-refractivity contribution in [2.45, 2.75) is 32.6 Å². The van der Waals surface area contributed by atoms with E-state index in [1.54, 1.807) is 30.3 Å². The van der Waals surface area contributed by atoms with Gasteiger partial charge in [-0.25, -0.2) is 18.3 Å². The molecular weight excluding hydrogens is 406 g/mol. The minimum Gasteiger partial charge on any atom is -0.481 e. The van der Waals surface area contributed by atoms with Gasteiger partial charge in [0.05, 0.1) is 23.5 Å². The maximum atomic E-state index is 13.9. The Morgan fingerprint density at radius 2 is 1.74 bits per heavy atom. The second-order valence-electron chi connectivity index (χ2n) is 7.99. The fourth-order valence-corrected chi connectivity index (χ4v) is 2.83. The molecule has 3 rings (SSSR count). The molecule has 9 heteroatoms. The molecule has 0 fully saturated rings. The van der Waals surface area contributed by atoms with Gasteiger partial charge in [0.2, 0.25) is 0 Å². The van der Waals surface area contributed by atoms with Gasteiger partial charge in [0.25, 0.3) is 0 Å². The maximum absolute atomic E-state index is 13.9. The number of nitrogens with one attached hydrogen (secondary N) is 2. The number of hydrogen-bond donors (Lipinski definition) is 3. The Kier molecular flexibility index (Phi) is 6.05. The number of hydrogen-bond acceptors (Lipinski definition) is 3. The Bertz CT molecular complexity index is 1120. The second kappa shape index (κ2) is 8.55. The van der Waals surface area contributed by atoms with Crippen LogP contribution < -0.4 is 10.6 Å². The van der Waals surface area contributed by atoms with Gasteiger partial charge >= 0.3 is 12.0 Å². The van der Waals surface area contributed by atoms with Crippen molar-refractivity contribution in [3.8, 4) is 5.69 Å². The highest BCUT2D eigenvalue weighted by Crippen LogP contribution is 2.27. The average molecular weight is 428 g/mol. The van der Waals surface area contributed by atoms with Crippen molar-refractivity contribution in [2.24, 2.45) is 0 Å². The maximum Gasteiger partial charge on any atom is 0.324 e. The van der Waals surface area contributed by atoms with E-state index in [4.69, 9.17) is 5.11 Å². The first-order chi connectivity index (χ1) is 14.5. The van der Waals surface area contributed by atoms with Crippen molar-refractivity contribution < 1.29 is 23.5 Å². The van der Waals surface area contributed by atoms with Crippen molar-refractivity contribution in [2.75, 3.05) is 10.6 Å². The summed E-state index contributed by atoms with van der Waals surface area (Å²) < 4.78 is 28.7. The van der Waals surface area contributed by atoms with Gasteiger partial charge < -0.3 is 10.4 Å². The van der Waals surface area contributed by atoms with Crippen LogP contribution in [0.2, 0.25) is 0 Å². The molecule has 0 saturated heterocycles. The molecule has 0 saturated carbocycles. The number of carboxylic acids is 1. The highest BCUT2D eigenvalue weighted by atomic mass is 19.2. The zero-order chi connectivity index (χ0) is 22.8. The van der Waals surface area contributed by atoms with E-state index in [9.17, 15) is 18.4 Å². The highest BCUT2D eigenvalue weighted by Gasteiger charge is 2.22. The molecule has 0 spiro atoms. The van der Waals surface area contributed by atoms with Crippen molar-refractivity contribution in [1.82, 2.24) is 9.78 Å². The van der Waals surface area contributed by atoms with Crippen LogP contribution in [-0.4, -0.2) is 26.9 Å². The molecule has 2 amide bonds. The summed E-state index contributed by atoms with van der Waals surface area (Å²) >= 11 is 0. The number of amides is 2. The van der Waals surface area contributed by atoms with Crippen LogP contribution in [0.15, 0.2) is 48.5 Å². The standard InChI is InChI=1S/C22H22F2N4O3/c1-22(2,3)17-12-18(26-21(31)25-16-6-4-5-15(23)20(16)24)28(27-17)14-9-7-13(8-10-14)11-19(29)30/h4-10,12H,11H2,1-3H3,(H,29,30)(H2,25,26,31). The number of rotatable bonds is 5. The number of carbonyl (C=O) groups is 2. The molecule has 3 aromatic rings. The summed E-state index contributed by atoms with van der Waals surface area (Å²) in [6.45, 7) is 5.88. The zero-order valence-electron chi connectivity index (χ0n) is 17.2. The second-order valence-corrected chi connectivity index (χ2v) is 7.99. The summed E-state index contributed by atoms with van der Waals surface area (Å²) in [6, 6.07) is 11.1. The van der Waals surface area contributed by atoms with Crippen LogP contribution in [0.3, 0.4) is 0 Å². The lowest BCUT2D eigenvalue weighted by atomic mass is 9.92. The molecular formula is C22H22F2N4O3. The van der Waals surface area contributed by atoms with Crippen LogP contribution >= 0.6 is 0 Å². The molecule has 31 heavy (non-hydrogen) atoms. The molecule has 2 aromatic carbocycles. The molecule has 0 atom stereocenters. The third kappa shape index (κ3) is 5.25. The monoisotopic (exact) mass is 428 g/mol. The van der Waals surface area contributed by atoms with E-state index >= 15 is 0 Å². The van der Waals surface area contributed by atoms with Crippen molar-refractivity contribution in [3.05, 3.63) is 71.4 Å². The fraction of sp³-hybridized carbons (Fsp3) is 0.227. The first-order valence-electron chi connectivity index (χ1n) is 9.48. The molecule has 1 aromatic heterocycles. The van der Waals surface area contributed by atoms with Crippen LogP contribution in [-0.2, 0) is 16.6 Å². The van der Waals surface area contributed by atoms with Crippen molar-refractivity contribution in [1.29, 1.82) is 0 Å². The Labute approximate surface area is 177 Å². The smallest absolute Gasteiger partial charge is 0.324 e. The number of anilines is 2. The summed E-state index contributed by atoms with van der Waals surface area (Å²) in [5, 5.41) is 18.4. The Morgan fingerprint density at radius 3 is 2.35 bits per heavy atom. The predicted molar refractivity (Wildman–Crippen MR) is 113 cm³/mol. The highest BCUT2D eigenvalue weighted by molar-refractivity contribution is 5.99. The van der Waals surface area contributed by atoms with E-state index in [0.717, 1.165) is 6.07 Å². The predicted octanol–water partition coefficient (Wildman–Crippen LogP) is 4.72.